The first-order valence-electron chi connectivity index (χ1n) is 5.46. The second-order valence-corrected chi connectivity index (χ2v) is 5.81. The molecule has 0 saturated carbocycles. The number of hydrogen-bond acceptors (Lipinski definition) is 5. The minimum atomic E-state index is -3.67. The summed E-state index contributed by atoms with van der Waals surface area (Å²) in [4.78, 5) is 6.20. The Hall–Kier alpha value is -1.18. The predicted octanol–water partition coefficient (Wildman–Crippen LogP) is -0.343. The molecule has 1 atom stereocenters. The van der Waals surface area contributed by atoms with Gasteiger partial charge in [-0.3, -0.25) is 0 Å². The van der Waals surface area contributed by atoms with Gasteiger partial charge in [0.05, 0.1) is 0 Å². The van der Waals surface area contributed by atoms with E-state index in [1.807, 2.05) is 0 Å². The molecule has 1 saturated heterocycles. The molecule has 2 rings (SSSR count). The molecule has 17 heavy (non-hydrogen) atoms. The predicted molar refractivity (Wildman–Crippen MR) is 65.0 cm³/mol. The number of piperidine rings is 1. The van der Waals surface area contributed by atoms with Crippen molar-refractivity contribution < 1.29 is 8.42 Å². The number of anilines is 1. The van der Waals surface area contributed by atoms with Gasteiger partial charge in [0.15, 0.2) is 0 Å². The van der Waals surface area contributed by atoms with Gasteiger partial charge in [0, 0.05) is 25.3 Å². The minimum Gasteiger partial charge on any atom is -0.355 e. The second-order valence-electron chi connectivity index (χ2n) is 4.25. The Bertz CT molecular complexity index is 486. The normalized spacial score (nSPS) is 21.5. The Labute approximate surface area is 101 Å². The molecule has 2 heterocycles. The van der Waals surface area contributed by atoms with Crippen LogP contribution in [-0.4, -0.2) is 32.5 Å². The Morgan fingerprint density at radius 2 is 2.18 bits per heavy atom. The maximum Gasteiger partial charge on any atom is 0.239 e. The molecular formula is C10H16N4O2S. The van der Waals surface area contributed by atoms with Gasteiger partial charge in [-0.05, 0) is 25.0 Å². The lowest BCUT2D eigenvalue weighted by Crippen LogP contribution is -2.43. The van der Waals surface area contributed by atoms with Crippen molar-refractivity contribution in [3.63, 3.8) is 0 Å². The molecule has 94 valence electrons. The molecule has 0 unspecified atom stereocenters. The summed E-state index contributed by atoms with van der Waals surface area (Å²) >= 11 is 0. The molecule has 0 aliphatic carbocycles. The van der Waals surface area contributed by atoms with E-state index in [4.69, 9.17) is 10.9 Å². The van der Waals surface area contributed by atoms with Crippen LogP contribution < -0.4 is 15.8 Å². The zero-order chi connectivity index (χ0) is 12.5. The molecule has 1 aliphatic rings. The molecule has 0 spiro atoms. The average molecular weight is 256 g/mol. The number of nitrogens with two attached hydrogens (primary N) is 2. The number of sulfonamides is 1. The fourth-order valence-electron chi connectivity index (χ4n) is 1.95. The quantitative estimate of drug-likeness (QED) is 0.753. The van der Waals surface area contributed by atoms with Crippen molar-refractivity contribution in [3.8, 4) is 0 Å². The summed E-state index contributed by atoms with van der Waals surface area (Å²) in [5.41, 5.74) is 5.88. The Morgan fingerprint density at radius 1 is 1.41 bits per heavy atom. The molecule has 0 radical (unpaired) electrons. The van der Waals surface area contributed by atoms with E-state index in [0.717, 1.165) is 31.7 Å². The third-order valence-electron chi connectivity index (χ3n) is 2.83. The highest BCUT2D eigenvalue weighted by atomic mass is 32.2. The SMILES string of the molecule is N[C@@H]1CCCN(c2ccc(S(N)(=O)=O)cn2)C1. The van der Waals surface area contributed by atoms with Crippen LogP contribution in [-0.2, 0) is 10.0 Å². The van der Waals surface area contributed by atoms with Gasteiger partial charge in [-0.2, -0.15) is 0 Å². The number of aromatic nitrogens is 1. The van der Waals surface area contributed by atoms with Gasteiger partial charge in [0.25, 0.3) is 0 Å². The van der Waals surface area contributed by atoms with Gasteiger partial charge in [-0.1, -0.05) is 0 Å². The minimum absolute atomic E-state index is 0.0301. The van der Waals surface area contributed by atoms with Crippen molar-refractivity contribution in [2.45, 2.75) is 23.8 Å². The van der Waals surface area contributed by atoms with Gasteiger partial charge >= 0.3 is 0 Å². The van der Waals surface area contributed by atoms with Crippen molar-refractivity contribution in [2.75, 3.05) is 18.0 Å². The first-order valence-corrected chi connectivity index (χ1v) is 7.01. The maximum atomic E-state index is 11.1. The van der Waals surface area contributed by atoms with Crippen LogP contribution in [0.2, 0.25) is 0 Å². The van der Waals surface area contributed by atoms with Crippen molar-refractivity contribution in [1.82, 2.24) is 4.98 Å². The van der Waals surface area contributed by atoms with E-state index in [0.29, 0.717) is 0 Å². The summed E-state index contributed by atoms with van der Waals surface area (Å²) < 4.78 is 22.2. The number of rotatable bonds is 2. The molecule has 1 aromatic heterocycles. The standard InChI is InChI=1S/C10H16N4O2S/c11-8-2-1-5-14(7-8)10-4-3-9(6-13-10)17(12,15)16/h3-4,6,8H,1-2,5,7,11H2,(H2,12,15,16)/t8-/m1/s1. The van der Waals surface area contributed by atoms with E-state index < -0.39 is 10.0 Å². The van der Waals surface area contributed by atoms with E-state index in [9.17, 15) is 8.42 Å². The zero-order valence-corrected chi connectivity index (χ0v) is 10.2. The molecule has 1 aliphatic heterocycles. The number of primary sulfonamides is 1. The summed E-state index contributed by atoms with van der Waals surface area (Å²) in [6.07, 6.45) is 3.33. The van der Waals surface area contributed by atoms with E-state index in [1.165, 1.54) is 12.3 Å². The summed E-state index contributed by atoms with van der Waals surface area (Å²) in [7, 11) is -3.67. The highest BCUT2D eigenvalue weighted by molar-refractivity contribution is 7.89. The van der Waals surface area contributed by atoms with Crippen LogP contribution in [0.1, 0.15) is 12.8 Å². The van der Waals surface area contributed by atoms with E-state index in [-0.39, 0.29) is 10.9 Å². The molecule has 7 heteroatoms. The van der Waals surface area contributed by atoms with Crippen molar-refractivity contribution in [3.05, 3.63) is 18.3 Å². The van der Waals surface area contributed by atoms with E-state index >= 15 is 0 Å². The topological polar surface area (TPSA) is 102 Å². The lowest BCUT2D eigenvalue weighted by Gasteiger charge is -2.31. The molecule has 4 N–H and O–H groups in total. The maximum absolute atomic E-state index is 11.1. The van der Waals surface area contributed by atoms with E-state index in [1.54, 1.807) is 6.07 Å². The Kier molecular flexibility index (Phi) is 3.32. The zero-order valence-electron chi connectivity index (χ0n) is 9.41. The van der Waals surface area contributed by atoms with Gasteiger partial charge in [-0.15, -0.1) is 0 Å². The Morgan fingerprint density at radius 3 is 2.71 bits per heavy atom. The van der Waals surface area contributed by atoms with Crippen molar-refractivity contribution >= 4 is 15.8 Å². The molecule has 1 aromatic rings. The number of pyridine rings is 1. The van der Waals surface area contributed by atoms with Crippen LogP contribution in [0.4, 0.5) is 5.82 Å². The lowest BCUT2D eigenvalue weighted by atomic mass is 10.1. The smallest absolute Gasteiger partial charge is 0.239 e. The van der Waals surface area contributed by atoms with Crippen molar-refractivity contribution in [2.24, 2.45) is 10.9 Å². The first kappa shape index (κ1) is 12.3. The van der Waals surface area contributed by atoms with Crippen molar-refractivity contribution in [1.29, 1.82) is 0 Å². The Balaban J connectivity index is 2.18. The third-order valence-corrected chi connectivity index (χ3v) is 3.73. The van der Waals surface area contributed by atoms with Crippen LogP contribution in [0.3, 0.4) is 0 Å². The second kappa shape index (κ2) is 4.59. The number of hydrogen-bond donors (Lipinski definition) is 2. The van der Waals surface area contributed by atoms with Gasteiger partial charge in [-0.25, -0.2) is 18.5 Å². The third kappa shape index (κ3) is 2.93. The van der Waals surface area contributed by atoms with Gasteiger partial charge in [0.2, 0.25) is 10.0 Å². The molecule has 0 amide bonds. The first-order chi connectivity index (χ1) is 7.97. The molecular weight excluding hydrogens is 240 g/mol. The van der Waals surface area contributed by atoms with Crippen LogP contribution in [0.25, 0.3) is 0 Å². The molecule has 0 bridgehead atoms. The van der Waals surface area contributed by atoms with E-state index in [2.05, 4.69) is 9.88 Å². The van der Waals surface area contributed by atoms with Gasteiger partial charge < -0.3 is 10.6 Å². The van der Waals surface area contributed by atoms with Gasteiger partial charge in [0.1, 0.15) is 10.7 Å². The summed E-state index contributed by atoms with van der Waals surface area (Å²) in [5.74, 6) is 0.743. The fraction of sp³-hybridized carbons (Fsp3) is 0.500. The highest BCUT2D eigenvalue weighted by Gasteiger charge is 2.18. The van der Waals surface area contributed by atoms with Crippen LogP contribution >= 0.6 is 0 Å². The average Bonchev–Trinajstić information content (AvgIpc) is 2.28. The monoisotopic (exact) mass is 256 g/mol. The molecule has 1 fully saturated rings. The molecule has 0 aromatic carbocycles. The number of nitrogens with zero attached hydrogens (tertiary/aromatic N) is 2. The summed E-state index contributed by atoms with van der Waals surface area (Å²) in [5, 5.41) is 5.01. The summed E-state index contributed by atoms with van der Waals surface area (Å²) in [6.45, 7) is 1.65. The van der Waals surface area contributed by atoms with Crippen LogP contribution in [0.5, 0.6) is 0 Å². The highest BCUT2D eigenvalue weighted by Crippen LogP contribution is 2.18. The summed E-state index contributed by atoms with van der Waals surface area (Å²) in [6, 6.07) is 3.29. The van der Waals surface area contributed by atoms with Crippen LogP contribution in [0.15, 0.2) is 23.2 Å². The fourth-order valence-corrected chi connectivity index (χ4v) is 2.40. The lowest BCUT2D eigenvalue weighted by molar-refractivity contribution is 0.503. The molecule has 6 nitrogen and oxygen atoms in total. The van der Waals surface area contributed by atoms with Crippen LogP contribution in [0, 0.1) is 0 Å². The largest absolute Gasteiger partial charge is 0.355 e.